The van der Waals surface area contributed by atoms with Crippen molar-refractivity contribution in [2.75, 3.05) is 12.4 Å². The average Bonchev–Trinajstić information content (AvgIpc) is 2.69. The molecule has 0 fully saturated rings. The van der Waals surface area contributed by atoms with Gasteiger partial charge >= 0.3 is 0 Å². The van der Waals surface area contributed by atoms with Crippen LogP contribution in [0.15, 0.2) is 53.3 Å². The highest BCUT2D eigenvalue weighted by Crippen LogP contribution is 2.23. The summed E-state index contributed by atoms with van der Waals surface area (Å²) < 4.78 is 19.2. The molecule has 0 aliphatic rings. The van der Waals surface area contributed by atoms with E-state index in [0.29, 0.717) is 11.3 Å². The number of amides is 1. The van der Waals surface area contributed by atoms with Crippen LogP contribution in [0.1, 0.15) is 16.1 Å². The maximum atomic E-state index is 13.2. The third-order valence-electron chi connectivity index (χ3n) is 4.07. The van der Waals surface area contributed by atoms with Crippen molar-refractivity contribution < 1.29 is 18.8 Å². The minimum Gasteiger partial charge on any atom is -0.494 e. The molecular weight excluding hydrogens is 383 g/mol. The number of hydrogen-bond donors (Lipinski definition) is 1. The van der Waals surface area contributed by atoms with E-state index in [9.17, 15) is 24.1 Å². The summed E-state index contributed by atoms with van der Waals surface area (Å²) in [5.41, 5.74) is 0.203. The predicted molar refractivity (Wildman–Crippen MR) is 102 cm³/mol. The minimum absolute atomic E-state index is 0.0505. The Morgan fingerprint density at radius 2 is 1.90 bits per heavy atom. The Hall–Kier alpha value is -4.08. The van der Waals surface area contributed by atoms with Gasteiger partial charge in [-0.1, -0.05) is 0 Å². The first-order valence-corrected chi connectivity index (χ1v) is 8.31. The maximum absolute atomic E-state index is 13.2. The molecule has 0 atom stereocenters. The van der Waals surface area contributed by atoms with Crippen LogP contribution in [0.5, 0.6) is 5.75 Å². The summed E-state index contributed by atoms with van der Waals surface area (Å²) in [7, 11) is 1.28. The van der Waals surface area contributed by atoms with E-state index < -0.39 is 22.2 Å². The van der Waals surface area contributed by atoms with Crippen molar-refractivity contribution in [1.82, 2.24) is 9.78 Å². The fraction of sp³-hybridized carbons (Fsp3) is 0.105. The van der Waals surface area contributed by atoms with E-state index in [1.807, 2.05) is 0 Å². The molecule has 10 heteroatoms. The van der Waals surface area contributed by atoms with Gasteiger partial charge in [0.1, 0.15) is 5.82 Å². The van der Waals surface area contributed by atoms with Gasteiger partial charge in [-0.05, 0) is 42.8 Å². The molecule has 148 valence electrons. The van der Waals surface area contributed by atoms with Gasteiger partial charge in [-0.15, -0.1) is 0 Å². The third-order valence-corrected chi connectivity index (χ3v) is 4.07. The summed E-state index contributed by atoms with van der Waals surface area (Å²) in [6.07, 6.45) is 0. The zero-order chi connectivity index (χ0) is 21.1. The van der Waals surface area contributed by atoms with E-state index in [1.54, 1.807) is 6.92 Å². The third kappa shape index (κ3) is 4.10. The Kier molecular flexibility index (Phi) is 5.35. The summed E-state index contributed by atoms with van der Waals surface area (Å²) in [5, 5.41) is 17.5. The number of rotatable bonds is 5. The molecule has 0 saturated carbocycles. The number of nitrogens with one attached hydrogen (secondary N) is 1. The summed E-state index contributed by atoms with van der Waals surface area (Å²) >= 11 is 0. The van der Waals surface area contributed by atoms with Crippen LogP contribution in [0.4, 0.5) is 15.8 Å². The molecule has 2 aromatic carbocycles. The van der Waals surface area contributed by atoms with Gasteiger partial charge in [0.2, 0.25) is 0 Å². The van der Waals surface area contributed by atoms with Gasteiger partial charge in [-0.25, -0.2) is 4.39 Å². The SMILES string of the molecule is COc1cc(=O)n(-c2ccc(F)cc2)nc1C(=O)Nc1ccc([N+](=O)[O-])cc1C. The number of halogens is 1. The fourth-order valence-electron chi connectivity index (χ4n) is 2.60. The Labute approximate surface area is 163 Å². The molecule has 0 spiro atoms. The normalized spacial score (nSPS) is 10.4. The van der Waals surface area contributed by atoms with Gasteiger partial charge in [0.15, 0.2) is 11.4 Å². The monoisotopic (exact) mass is 398 g/mol. The highest BCUT2D eigenvalue weighted by atomic mass is 19.1. The Morgan fingerprint density at radius 3 is 2.48 bits per heavy atom. The number of non-ortho nitro benzene ring substituents is 1. The first kappa shape index (κ1) is 19.7. The number of nitro groups is 1. The van der Waals surface area contributed by atoms with E-state index in [1.165, 1.54) is 37.4 Å². The quantitative estimate of drug-likeness (QED) is 0.522. The number of aromatic nitrogens is 2. The number of carbonyl (C=O) groups is 1. The number of carbonyl (C=O) groups excluding carboxylic acids is 1. The van der Waals surface area contributed by atoms with Crippen molar-refractivity contribution in [1.29, 1.82) is 0 Å². The van der Waals surface area contributed by atoms with Crippen molar-refractivity contribution in [2.24, 2.45) is 0 Å². The van der Waals surface area contributed by atoms with Crippen molar-refractivity contribution in [3.63, 3.8) is 0 Å². The summed E-state index contributed by atoms with van der Waals surface area (Å²) in [5.74, 6) is -1.22. The summed E-state index contributed by atoms with van der Waals surface area (Å²) in [6.45, 7) is 1.60. The van der Waals surface area contributed by atoms with Crippen LogP contribution in [-0.2, 0) is 0 Å². The zero-order valence-corrected chi connectivity index (χ0v) is 15.4. The molecule has 0 bridgehead atoms. The zero-order valence-electron chi connectivity index (χ0n) is 15.4. The molecule has 1 N–H and O–H groups in total. The van der Waals surface area contributed by atoms with Crippen molar-refractivity contribution in [3.05, 3.63) is 86.1 Å². The second-order valence-corrected chi connectivity index (χ2v) is 6.00. The number of methoxy groups -OCH3 is 1. The number of aryl methyl sites for hydroxylation is 1. The van der Waals surface area contributed by atoms with Crippen molar-refractivity contribution >= 4 is 17.3 Å². The van der Waals surface area contributed by atoms with E-state index in [4.69, 9.17) is 4.74 Å². The lowest BCUT2D eigenvalue weighted by molar-refractivity contribution is -0.384. The molecule has 1 heterocycles. The average molecular weight is 398 g/mol. The van der Waals surface area contributed by atoms with Crippen molar-refractivity contribution in [2.45, 2.75) is 6.92 Å². The van der Waals surface area contributed by atoms with Crippen LogP contribution in [0.3, 0.4) is 0 Å². The molecule has 29 heavy (non-hydrogen) atoms. The lowest BCUT2D eigenvalue weighted by Gasteiger charge is -2.12. The number of ether oxygens (including phenoxy) is 1. The highest BCUT2D eigenvalue weighted by molar-refractivity contribution is 6.05. The molecular formula is C19H15FN4O5. The van der Waals surface area contributed by atoms with Gasteiger partial charge in [-0.2, -0.15) is 9.78 Å². The highest BCUT2D eigenvalue weighted by Gasteiger charge is 2.19. The van der Waals surface area contributed by atoms with Crippen LogP contribution in [0, 0.1) is 22.9 Å². The molecule has 1 amide bonds. The van der Waals surface area contributed by atoms with Crippen LogP contribution in [-0.4, -0.2) is 27.7 Å². The molecule has 0 aliphatic heterocycles. The Morgan fingerprint density at radius 1 is 1.21 bits per heavy atom. The number of nitro benzene ring substituents is 1. The van der Waals surface area contributed by atoms with E-state index >= 15 is 0 Å². The number of anilines is 1. The maximum Gasteiger partial charge on any atom is 0.280 e. The molecule has 0 unspecified atom stereocenters. The molecule has 0 radical (unpaired) electrons. The second-order valence-electron chi connectivity index (χ2n) is 6.00. The molecule has 0 aliphatic carbocycles. The van der Waals surface area contributed by atoms with Crippen molar-refractivity contribution in [3.8, 4) is 11.4 Å². The molecule has 1 aromatic heterocycles. The predicted octanol–water partition coefficient (Wildman–Crippen LogP) is 2.85. The number of benzene rings is 2. The fourth-order valence-corrected chi connectivity index (χ4v) is 2.60. The lowest BCUT2D eigenvalue weighted by atomic mass is 10.1. The summed E-state index contributed by atoms with van der Waals surface area (Å²) in [6, 6.07) is 10.1. The second kappa shape index (κ2) is 7.89. The van der Waals surface area contributed by atoms with Crippen LogP contribution >= 0.6 is 0 Å². The van der Waals surface area contributed by atoms with E-state index in [0.717, 1.165) is 22.9 Å². The van der Waals surface area contributed by atoms with E-state index in [-0.39, 0.29) is 22.8 Å². The first-order valence-electron chi connectivity index (χ1n) is 8.31. The largest absolute Gasteiger partial charge is 0.494 e. The van der Waals surface area contributed by atoms with Gasteiger partial charge in [0, 0.05) is 17.8 Å². The summed E-state index contributed by atoms with van der Waals surface area (Å²) in [4.78, 5) is 35.4. The molecule has 9 nitrogen and oxygen atoms in total. The smallest absolute Gasteiger partial charge is 0.280 e. The molecule has 3 rings (SSSR count). The Balaban J connectivity index is 2.00. The van der Waals surface area contributed by atoms with Crippen LogP contribution in [0.2, 0.25) is 0 Å². The van der Waals surface area contributed by atoms with Gasteiger partial charge in [0.05, 0.1) is 23.8 Å². The van der Waals surface area contributed by atoms with E-state index in [2.05, 4.69) is 10.4 Å². The number of nitrogens with zero attached hydrogens (tertiary/aromatic N) is 3. The Bertz CT molecular complexity index is 1160. The topological polar surface area (TPSA) is 116 Å². The number of hydrogen-bond acceptors (Lipinski definition) is 6. The molecule has 3 aromatic rings. The first-order chi connectivity index (χ1) is 13.8. The van der Waals surface area contributed by atoms with Gasteiger partial charge in [0.25, 0.3) is 17.2 Å². The molecule has 0 saturated heterocycles. The van der Waals surface area contributed by atoms with Crippen LogP contribution in [0.25, 0.3) is 5.69 Å². The lowest BCUT2D eigenvalue weighted by Crippen LogP contribution is -2.26. The van der Waals surface area contributed by atoms with Gasteiger partial charge in [-0.3, -0.25) is 19.7 Å². The standard InChI is InChI=1S/C19H15FN4O5/c1-11-9-14(24(27)28)7-8-15(11)21-19(26)18-16(29-2)10-17(25)23(22-18)13-5-3-12(20)4-6-13/h3-10H,1-2H3,(H,21,26). The minimum atomic E-state index is -0.685. The van der Waals surface area contributed by atoms with Gasteiger partial charge < -0.3 is 10.1 Å². The van der Waals surface area contributed by atoms with Crippen LogP contribution < -0.4 is 15.6 Å².